The highest BCUT2D eigenvalue weighted by Gasteiger charge is 2.46. The molecule has 1 aliphatic rings. The molecule has 0 aromatic heterocycles. The molecule has 0 bridgehead atoms. The van der Waals surface area contributed by atoms with Gasteiger partial charge in [0.15, 0.2) is 0 Å². The summed E-state index contributed by atoms with van der Waals surface area (Å²) in [6.07, 6.45) is -2.58. The van der Waals surface area contributed by atoms with Gasteiger partial charge in [0.05, 0.1) is 12.2 Å². The highest BCUT2D eigenvalue weighted by atomic mass is 16.4. The SMILES string of the molecule is CC1(C)C[C@H](CO)[C@@H](O)C(O)[C@H]1O. The van der Waals surface area contributed by atoms with Gasteiger partial charge < -0.3 is 20.4 Å². The van der Waals surface area contributed by atoms with Crippen molar-refractivity contribution in [2.24, 2.45) is 11.3 Å². The summed E-state index contributed by atoms with van der Waals surface area (Å²) in [5, 5.41) is 37.5. The zero-order chi connectivity index (χ0) is 10.2. The Bertz CT molecular complexity index is 178. The molecule has 1 rings (SSSR count). The second-order valence-corrected chi connectivity index (χ2v) is 4.56. The Hall–Kier alpha value is -0.160. The van der Waals surface area contributed by atoms with E-state index in [0.717, 1.165) is 0 Å². The maximum Gasteiger partial charge on any atom is 0.107 e. The molecule has 13 heavy (non-hydrogen) atoms. The maximum absolute atomic E-state index is 9.60. The van der Waals surface area contributed by atoms with Gasteiger partial charge in [-0.3, -0.25) is 0 Å². The third-order valence-corrected chi connectivity index (χ3v) is 2.98. The van der Waals surface area contributed by atoms with Crippen molar-refractivity contribution in [1.82, 2.24) is 0 Å². The van der Waals surface area contributed by atoms with Crippen LogP contribution in [0.15, 0.2) is 0 Å². The second-order valence-electron chi connectivity index (χ2n) is 4.56. The third kappa shape index (κ3) is 1.86. The Kier molecular flexibility index (Phi) is 2.97. The van der Waals surface area contributed by atoms with E-state index in [9.17, 15) is 15.3 Å². The summed E-state index contributed by atoms with van der Waals surface area (Å²) in [5.41, 5.74) is -0.452. The predicted molar refractivity (Wildman–Crippen MR) is 47.0 cm³/mol. The molecule has 0 spiro atoms. The van der Waals surface area contributed by atoms with Gasteiger partial charge in [-0.1, -0.05) is 13.8 Å². The average Bonchev–Trinajstić information content (AvgIpc) is 2.08. The van der Waals surface area contributed by atoms with Crippen molar-refractivity contribution in [2.75, 3.05) is 6.61 Å². The smallest absolute Gasteiger partial charge is 0.107 e. The summed E-state index contributed by atoms with van der Waals surface area (Å²) in [6, 6.07) is 0. The third-order valence-electron chi connectivity index (χ3n) is 2.98. The molecule has 4 atom stereocenters. The first-order chi connectivity index (χ1) is 5.90. The first kappa shape index (κ1) is 10.9. The Morgan fingerprint density at radius 1 is 1.15 bits per heavy atom. The van der Waals surface area contributed by atoms with E-state index < -0.39 is 23.7 Å². The predicted octanol–water partition coefficient (Wildman–Crippen LogP) is -0.893. The van der Waals surface area contributed by atoms with Crippen molar-refractivity contribution < 1.29 is 20.4 Å². The Morgan fingerprint density at radius 3 is 2.15 bits per heavy atom. The molecule has 1 aliphatic carbocycles. The van der Waals surface area contributed by atoms with E-state index in [1.54, 1.807) is 0 Å². The number of aliphatic hydroxyl groups excluding tert-OH is 4. The summed E-state index contributed by atoms with van der Waals surface area (Å²) in [6.45, 7) is 3.47. The van der Waals surface area contributed by atoms with E-state index in [1.807, 2.05) is 13.8 Å². The van der Waals surface area contributed by atoms with Crippen molar-refractivity contribution >= 4 is 0 Å². The number of aliphatic hydroxyl groups is 4. The van der Waals surface area contributed by atoms with Gasteiger partial charge in [-0.15, -0.1) is 0 Å². The standard InChI is InChI=1S/C9H18O4/c1-9(2)3-5(4-10)6(11)7(12)8(9)13/h5-8,10-13H,3-4H2,1-2H3/t5-,6-,7?,8-/m1/s1. The average molecular weight is 190 g/mol. The highest BCUT2D eigenvalue weighted by molar-refractivity contribution is 4.96. The fourth-order valence-electron chi connectivity index (χ4n) is 2.02. The quantitative estimate of drug-likeness (QED) is 0.432. The lowest BCUT2D eigenvalue weighted by molar-refractivity contribution is -0.166. The number of hydrogen-bond acceptors (Lipinski definition) is 4. The lowest BCUT2D eigenvalue weighted by Crippen LogP contribution is -2.55. The molecule has 0 amide bonds. The van der Waals surface area contributed by atoms with E-state index in [2.05, 4.69) is 0 Å². The minimum absolute atomic E-state index is 0.158. The van der Waals surface area contributed by atoms with Crippen LogP contribution < -0.4 is 0 Å². The molecule has 4 nitrogen and oxygen atoms in total. The minimum Gasteiger partial charge on any atom is -0.396 e. The van der Waals surface area contributed by atoms with Gasteiger partial charge in [-0.05, 0) is 11.8 Å². The van der Waals surface area contributed by atoms with Crippen LogP contribution in [-0.2, 0) is 0 Å². The highest BCUT2D eigenvalue weighted by Crippen LogP contribution is 2.38. The molecule has 0 aromatic carbocycles. The molecule has 4 N–H and O–H groups in total. The number of rotatable bonds is 1. The molecule has 1 unspecified atom stereocenters. The van der Waals surface area contributed by atoms with Crippen LogP contribution in [0, 0.1) is 11.3 Å². The van der Waals surface area contributed by atoms with Crippen molar-refractivity contribution in [3.05, 3.63) is 0 Å². The van der Waals surface area contributed by atoms with Crippen LogP contribution in [0.4, 0.5) is 0 Å². The van der Waals surface area contributed by atoms with Crippen molar-refractivity contribution in [1.29, 1.82) is 0 Å². The topological polar surface area (TPSA) is 80.9 Å². The van der Waals surface area contributed by atoms with Crippen LogP contribution in [0.2, 0.25) is 0 Å². The summed E-state index contributed by atoms with van der Waals surface area (Å²) in [7, 11) is 0. The van der Waals surface area contributed by atoms with Gasteiger partial charge >= 0.3 is 0 Å². The summed E-state index contributed by atoms with van der Waals surface area (Å²) >= 11 is 0. The van der Waals surface area contributed by atoms with Crippen LogP contribution in [0.25, 0.3) is 0 Å². The monoisotopic (exact) mass is 190 g/mol. The van der Waals surface area contributed by atoms with Crippen LogP contribution in [0.3, 0.4) is 0 Å². The van der Waals surface area contributed by atoms with Gasteiger partial charge in [0.25, 0.3) is 0 Å². The lowest BCUT2D eigenvalue weighted by Gasteiger charge is -2.44. The van der Waals surface area contributed by atoms with Crippen molar-refractivity contribution in [3.63, 3.8) is 0 Å². The fraction of sp³-hybridized carbons (Fsp3) is 1.00. The second kappa shape index (κ2) is 3.53. The van der Waals surface area contributed by atoms with Gasteiger partial charge in [-0.2, -0.15) is 0 Å². The molecular weight excluding hydrogens is 172 g/mol. The molecule has 0 aliphatic heterocycles. The van der Waals surface area contributed by atoms with E-state index in [-0.39, 0.29) is 12.5 Å². The van der Waals surface area contributed by atoms with Crippen molar-refractivity contribution in [3.8, 4) is 0 Å². The Labute approximate surface area is 77.8 Å². The fourth-order valence-corrected chi connectivity index (χ4v) is 2.02. The van der Waals surface area contributed by atoms with Gasteiger partial charge in [0.1, 0.15) is 6.10 Å². The van der Waals surface area contributed by atoms with Crippen LogP contribution >= 0.6 is 0 Å². The molecule has 1 saturated carbocycles. The maximum atomic E-state index is 9.60. The van der Waals surface area contributed by atoms with Gasteiger partial charge in [0, 0.05) is 12.5 Å². The molecule has 0 heterocycles. The summed E-state index contributed by atoms with van der Waals surface area (Å²) < 4.78 is 0. The lowest BCUT2D eigenvalue weighted by atomic mass is 9.67. The van der Waals surface area contributed by atoms with Gasteiger partial charge in [0.2, 0.25) is 0 Å². The molecule has 0 aromatic rings. The van der Waals surface area contributed by atoms with Crippen LogP contribution in [0.1, 0.15) is 20.3 Å². The van der Waals surface area contributed by atoms with Crippen molar-refractivity contribution in [2.45, 2.75) is 38.6 Å². The Balaban J connectivity index is 2.79. The van der Waals surface area contributed by atoms with Crippen LogP contribution in [-0.4, -0.2) is 45.3 Å². The van der Waals surface area contributed by atoms with E-state index in [1.165, 1.54) is 0 Å². The molecular formula is C9H18O4. The largest absolute Gasteiger partial charge is 0.396 e. The molecule has 1 fully saturated rings. The first-order valence-corrected chi connectivity index (χ1v) is 4.55. The molecule has 4 heteroatoms. The molecule has 78 valence electrons. The van der Waals surface area contributed by atoms with Gasteiger partial charge in [-0.25, -0.2) is 0 Å². The normalized spacial score (nSPS) is 44.8. The first-order valence-electron chi connectivity index (χ1n) is 4.55. The molecule has 0 radical (unpaired) electrons. The summed E-state index contributed by atoms with van der Waals surface area (Å²) in [4.78, 5) is 0. The van der Waals surface area contributed by atoms with E-state index in [4.69, 9.17) is 5.11 Å². The minimum atomic E-state index is -1.15. The van der Waals surface area contributed by atoms with Crippen LogP contribution in [0.5, 0.6) is 0 Å². The zero-order valence-electron chi connectivity index (χ0n) is 8.01. The molecule has 0 saturated heterocycles. The Morgan fingerprint density at radius 2 is 1.69 bits per heavy atom. The van der Waals surface area contributed by atoms with E-state index in [0.29, 0.717) is 6.42 Å². The van der Waals surface area contributed by atoms with E-state index >= 15 is 0 Å². The number of hydrogen-bond donors (Lipinski definition) is 4. The zero-order valence-corrected chi connectivity index (χ0v) is 8.01. The summed E-state index contributed by atoms with van der Waals surface area (Å²) in [5.74, 6) is -0.339.